The van der Waals surface area contributed by atoms with E-state index in [1.165, 1.54) is 19.3 Å². The molecule has 0 heterocycles. The Morgan fingerprint density at radius 1 is 1.47 bits per heavy atom. The van der Waals surface area contributed by atoms with Crippen LogP contribution in [0.5, 0.6) is 0 Å². The van der Waals surface area contributed by atoms with Gasteiger partial charge in [0.15, 0.2) is 0 Å². The van der Waals surface area contributed by atoms with E-state index in [9.17, 15) is 4.79 Å². The lowest BCUT2D eigenvalue weighted by Gasteiger charge is -2.24. The highest BCUT2D eigenvalue weighted by Gasteiger charge is 2.16. The molecule has 0 aromatic heterocycles. The van der Waals surface area contributed by atoms with Crippen LogP contribution in [0, 0.1) is 17.2 Å². The van der Waals surface area contributed by atoms with E-state index in [0.29, 0.717) is 17.9 Å². The standard InChI is InChI=1S/C15H18N2O2/c16-10-13-5-2-6-14(9-13)17-15(18)11-19-8-7-12-3-1-4-12/h2,5-6,9,12H,1,3-4,7-8,11H2,(H,17,18). The van der Waals surface area contributed by atoms with Crippen LogP contribution >= 0.6 is 0 Å². The SMILES string of the molecule is N#Cc1cccc(NC(=O)COCCC2CCC2)c1. The lowest BCUT2D eigenvalue weighted by Crippen LogP contribution is -2.20. The monoisotopic (exact) mass is 258 g/mol. The average molecular weight is 258 g/mol. The molecule has 1 fully saturated rings. The van der Waals surface area contributed by atoms with E-state index in [2.05, 4.69) is 5.32 Å². The summed E-state index contributed by atoms with van der Waals surface area (Å²) in [4.78, 5) is 11.6. The molecule has 1 aliphatic rings. The average Bonchev–Trinajstić information content (AvgIpc) is 2.36. The van der Waals surface area contributed by atoms with E-state index in [4.69, 9.17) is 10.00 Å². The quantitative estimate of drug-likeness (QED) is 0.798. The molecule has 0 atom stereocenters. The minimum absolute atomic E-state index is 0.0729. The molecule has 1 amide bonds. The fraction of sp³-hybridized carbons (Fsp3) is 0.467. The summed E-state index contributed by atoms with van der Waals surface area (Å²) in [5.41, 5.74) is 1.16. The van der Waals surface area contributed by atoms with Gasteiger partial charge in [0.1, 0.15) is 6.61 Å². The number of ether oxygens (including phenoxy) is 1. The molecule has 19 heavy (non-hydrogen) atoms. The summed E-state index contributed by atoms with van der Waals surface area (Å²) in [7, 11) is 0. The summed E-state index contributed by atoms with van der Waals surface area (Å²) in [6.45, 7) is 0.722. The maximum Gasteiger partial charge on any atom is 0.250 e. The van der Waals surface area contributed by atoms with Crippen LogP contribution in [0.1, 0.15) is 31.2 Å². The Bertz CT molecular complexity index is 475. The third kappa shape index (κ3) is 4.38. The molecule has 0 bridgehead atoms. The van der Waals surface area contributed by atoms with Gasteiger partial charge >= 0.3 is 0 Å². The topological polar surface area (TPSA) is 62.1 Å². The minimum Gasteiger partial charge on any atom is -0.372 e. The molecule has 1 aromatic rings. The molecule has 4 nitrogen and oxygen atoms in total. The first-order valence-electron chi connectivity index (χ1n) is 6.65. The van der Waals surface area contributed by atoms with E-state index in [-0.39, 0.29) is 12.5 Å². The van der Waals surface area contributed by atoms with Gasteiger partial charge in [0.05, 0.1) is 11.6 Å². The summed E-state index contributed by atoms with van der Waals surface area (Å²) in [5, 5.41) is 11.5. The Morgan fingerprint density at radius 3 is 3.00 bits per heavy atom. The first-order chi connectivity index (χ1) is 9.28. The molecule has 1 aliphatic carbocycles. The number of nitriles is 1. The summed E-state index contributed by atoms with van der Waals surface area (Å²) >= 11 is 0. The van der Waals surface area contributed by atoms with Gasteiger partial charge in [-0.15, -0.1) is 0 Å². The number of amides is 1. The molecule has 0 aliphatic heterocycles. The molecular formula is C15H18N2O2. The number of anilines is 1. The second-order valence-corrected chi connectivity index (χ2v) is 4.88. The van der Waals surface area contributed by atoms with Crippen molar-refractivity contribution in [1.82, 2.24) is 0 Å². The number of carbonyl (C=O) groups excluding carboxylic acids is 1. The zero-order valence-corrected chi connectivity index (χ0v) is 10.9. The van der Waals surface area contributed by atoms with Gasteiger partial charge in [0.25, 0.3) is 0 Å². The Hall–Kier alpha value is -1.86. The van der Waals surface area contributed by atoms with Gasteiger partial charge in [-0.05, 0) is 30.5 Å². The molecule has 100 valence electrons. The van der Waals surface area contributed by atoms with Crippen LogP contribution in [0.3, 0.4) is 0 Å². The van der Waals surface area contributed by atoms with Gasteiger partial charge in [0.2, 0.25) is 5.91 Å². The van der Waals surface area contributed by atoms with Gasteiger partial charge < -0.3 is 10.1 Å². The molecule has 1 aromatic carbocycles. The number of carbonyl (C=O) groups is 1. The molecule has 0 radical (unpaired) electrons. The molecule has 0 spiro atoms. The van der Waals surface area contributed by atoms with Crippen LogP contribution in [-0.2, 0) is 9.53 Å². The van der Waals surface area contributed by atoms with E-state index >= 15 is 0 Å². The molecule has 4 heteroatoms. The van der Waals surface area contributed by atoms with Crippen molar-refractivity contribution in [3.63, 3.8) is 0 Å². The molecule has 0 saturated heterocycles. The van der Waals surface area contributed by atoms with Crippen LogP contribution in [-0.4, -0.2) is 19.1 Å². The van der Waals surface area contributed by atoms with Gasteiger partial charge in [-0.2, -0.15) is 5.26 Å². The third-order valence-electron chi connectivity index (χ3n) is 3.40. The molecule has 2 rings (SSSR count). The van der Waals surface area contributed by atoms with Crippen molar-refractivity contribution in [1.29, 1.82) is 5.26 Å². The maximum atomic E-state index is 11.6. The zero-order chi connectivity index (χ0) is 13.5. The van der Waals surface area contributed by atoms with Crippen LogP contribution in [0.2, 0.25) is 0 Å². The molecule has 0 unspecified atom stereocenters. The predicted molar refractivity (Wildman–Crippen MR) is 72.6 cm³/mol. The number of nitrogens with one attached hydrogen (secondary N) is 1. The van der Waals surface area contributed by atoms with Crippen molar-refractivity contribution in [2.24, 2.45) is 5.92 Å². The highest BCUT2D eigenvalue weighted by atomic mass is 16.5. The third-order valence-corrected chi connectivity index (χ3v) is 3.40. The van der Waals surface area contributed by atoms with Crippen LogP contribution in [0.15, 0.2) is 24.3 Å². The first kappa shape index (κ1) is 13.6. The number of nitrogens with zero attached hydrogens (tertiary/aromatic N) is 1. The fourth-order valence-electron chi connectivity index (χ4n) is 2.06. The maximum absolute atomic E-state index is 11.6. The van der Waals surface area contributed by atoms with Gasteiger partial charge in [0, 0.05) is 12.3 Å². The minimum atomic E-state index is -0.177. The molecular weight excluding hydrogens is 240 g/mol. The van der Waals surface area contributed by atoms with E-state index in [1.54, 1.807) is 24.3 Å². The summed E-state index contributed by atoms with van der Waals surface area (Å²) in [6, 6.07) is 8.88. The highest BCUT2D eigenvalue weighted by molar-refractivity contribution is 5.91. The van der Waals surface area contributed by atoms with E-state index in [1.807, 2.05) is 6.07 Å². The smallest absolute Gasteiger partial charge is 0.250 e. The van der Waals surface area contributed by atoms with Crippen LogP contribution in [0.25, 0.3) is 0 Å². The van der Waals surface area contributed by atoms with Crippen molar-refractivity contribution in [3.05, 3.63) is 29.8 Å². The van der Waals surface area contributed by atoms with E-state index in [0.717, 1.165) is 12.3 Å². The van der Waals surface area contributed by atoms with Crippen molar-refractivity contribution in [3.8, 4) is 6.07 Å². The number of rotatable bonds is 6. The Balaban J connectivity index is 1.66. The lowest BCUT2D eigenvalue weighted by atomic mass is 9.83. The number of hydrogen-bond acceptors (Lipinski definition) is 3. The van der Waals surface area contributed by atoms with Crippen molar-refractivity contribution in [2.75, 3.05) is 18.5 Å². The molecule has 1 saturated carbocycles. The van der Waals surface area contributed by atoms with Gasteiger partial charge in [-0.1, -0.05) is 25.3 Å². The first-order valence-corrected chi connectivity index (χ1v) is 6.65. The van der Waals surface area contributed by atoms with Gasteiger partial charge in [-0.3, -0.25) is 4.79 Å². The summed E-state index contributed by atoms with van der Waals surface area (Å²) in [5.74, 6) is 0.624. The summed E-state index contributed by atoms with van der Waals surface area (Å²) in [6.07, 6.45) is 4.99. The lowest BCUT2D eigenvalue weighted by molar-refractivity contribution is -0.120. The normalized spacial score (nSPS) is 14.5. The Kier molecular flexibility index (Phi) is 4.93. The Labute approximate surface area is 113 Å². The van der Waals surface area contributed by atoms with Gasteiger partial charge in [-0.25, -0.2) is 0 Å². The van der Waals surface area contributed by atoms with Crippen molar-refractivity contribution < 1.29 is 9.53 Å². The highest BCUT2D eigenvalue weighted by Crippen LogP contribution is 2.29. The van der Waals surface area contributed by atoms with Crippen LogP contribution < -0.4 is 5.32 Å². The zero-order valence-electron chi connectivity index (χ0n) is 10.9. The number of benzene rings is 1. The van der Waals surface area contributed by atoms with Crippen LogP contribution in [0.4, 0.5) is 5.69 Å². The Morgan fingerprint density at radius 2 is 2.32 bits per heavy atom. The van der Waals surface area contributed by atoms with Crippen molar-refractivity contribution >= 4 is 11.6 Å². The largest absolute Gasteiger partial charge is 0.372 e. The second-order valence-electron chi connectivity index (χ2n) is 4.88. The number of hydrogen-bond donors (Lipinski definition) is 1. The fourth-order valence-corrected chi connectivity index (χ4v) is 2.06. The second kappa shape index (κ2) is 6.91. The predicted octanol–water partition coefficient (Wildman–Crippen LogP) is 2.70. The van der Waals surface area contributed by atoms with Crippen molar-refractivity contribution in [2.45, 2.75) is 25.7 Å². The summed E-state index contributed by atoms with van der Waals surface area (Å²) < 4.78 is 5.35. The van der Waals surface area contributed by atoms with E-state index < -0.39 is 0 Å². The molecule has 1 N–H and O–H groups in total.